The van der Waals surface area contributed by atoms with E-state index >= 15 is 0 Å². The average molecular weight is 435 g/mol. The Balaban J connectivity index is 1.66. The second-order valence-corrected chi connectivity index (χ2v) is 8.83. The highest BCUT2D eigenvalue weighted by Crippen LogP contribution is 2.46. The Bertz CT molecular complexity index is 1130. The first-order chi connectivity index (χ1) is 13.5. The van der Waals surface area contributed by atoms with E-state index in [1.807, 2.05) is 6.07 Å². The van der Waals surface area contributed by atoms with Crippen LogP contribution in [0.1, 0.15) is 34.5 Å². The fourth-order valence-corrected chi connectivity index (χ4v) is 5.19. The van der Waals surface area contributed by atoms with Crippen LogP contribution in [-0.4, -0.2) is 28.5 Å². The standard InChI is InChI=1S/C19H16Cl2N4O2S/c20-11-7-12(21)16-9(4-5-27-16)14(11)15-10-6-13(17(26)23-8-2-1-3-8)28-18(10)25-19(22)24-15/h6-8H,1-5H2,(H,23,26)(H2,22,24,25). The quantitative estimate of drug-likeness (QED) is 0.634. The van der Waals surface area contributed by atoms with Crippen molar-refractivity contribution in [3.63, 3.8) is 0 Å². The van der Waals surface area contributed by atoms with Crippen LogP contribution in [0.3, 0.4) is 0 Å². The number of amides is 1. The van der Waals surface area contributed by atoms with E-state index in [4.69, 9.17) is 33.7 Å². The topological polar surface area (TPSA) is 90.1 Å². The van der Waals surface area contributed by atoms with Crippen molar-refractivity contribution in [2.75, 3.05) is 12.3 Å². The van der Waals surface area contributed by atoms with Crippen molar-refractivity contribution in [3.8, 4) is 17.0 Å². The number of benzene rings is 1. The summed E-state index contributed by atoms with van der Waals surface area (Å²) in [7, 11) is 0. The smallest absolute Gasteiger partial charge is 0.261 e. The molecule has 1 amide bonds. The Hall–Kier alpha value is -2.09. The lowest BCUT2D eigenvalue weighted by Crippen LogP contribution is -2.39. The van der Waals surface area contributed by atoms with Crippen molar-refractivity contribution >= 4 is 56.6 Å². The monoisotopic (exact) mass is 434 g/mol. The first-order valence-electron chi connectivity index (χ1n) is 9.03. The zero-order valence-corrected chi connectivity index (χ0v) is 17.0. The number of nitrogens with one attached hydrogen (secondary N) is 1. The molecule has 0 saturated heterocycles. The van der Waals surface area contributed by atoms with Crippen LogP contribution in [0.5, 0.6) is 5.75 Å². The average Bonchev–Trinajstić information content (AvgIpc) is 3.24. The molecule has 2 aliphatic rings. The molecule has 2 aromatic heterocycles. The summed E-state index contributed by atoms with van der Waals surface area (Å²) in [5, 5.41) is 4.75. The molecule has 28 heavy (non-hydrogen) atoms. The minimum Gasteiger partial charge on any atom is -0.491 e. The minimum atomic E-state index is -0.0898. The lowest BCUT2D eigenvalue weighted by molar-refractivity contribution is 0.0921. The molecule has 0 unspecified atom stereocenters. The molecule has 1 aliphatic carbocycles. The lowest BCUT2D eigenvalue weighted by atomic mass is 9.93. The van der Waals surface area contributed by atoms with Crippen molar-refractivity contribution in [2.24, 2.45) is 0 Å². The molecule has 9 heteroatoms. The highest BCUT2D eigenvalue weighted by molar-refractivity contribution is 7.20. The van der Waals surface area contributed by atoms with E-state index in [0.717, 1.165) is 35.8 Å². The Morgan fingerprint density at radius 2 is 2.07 bits per heavy atom. The number of thiophene rings is 1. The molecule has 144 valence electrons. The Labute approximate surface area is 175 Å². The number of fused-ring (bicyclic) bond motifs is 2. The third kappa shape index (κ3) is 2.89. The van der Waals surface area contributed by atoms with Gasteiger partial charge in [0.25, 0.3) is 5.91 Å². The van der Waals surface area contributed by atoms with Crippen LogP contribution >= 0.6 is 34.5 Å². The summed E-state index contributed by atoms with van der Waals surface area (Å²) in [5.41, 5.74) is 8.21. The molecule has 1 aliphatic heterocycles. The third-order valence-electron chi connectivity index (χ3n) is 5.19. The van der Waals surface area contributed by atoms with Gasteiger partial charge in [0, 0.05) is 29.0 Å². The molecule has 3 heterocycles. The number of nitrogens with two attached hydrogens (primary N) is 1. The SMILES string of the molecule is Nc1nc(-c2c(Cl)cc(Cl)c3c2CCO3)c2cc(C(=O)NC3CCC3)sc2n1. The van der Waals surface area contributed by atoms with Crippen LogP contribution in [0.15, 0.2) is 12.1 Å². The molecule has 1 saturated carbocycles. The van der Waals surface area contributed by atoms with Gasteiger partial charge in [-0.2, -0.15) is 0 Å². The van der Waals surface area contributed by atoms with Crippen molar-refractivity contribution in [1.29, 1.82) is 0 Å². The first kappa shape index (κ1) is 18.0. The highest BCUT2D eigenvalue weighted by Gasteiger charge is 2.27. The number of nitrogens with zero attached hydrogens (tertiary/aromatic N) is 2. The molecular weight excluding hydrogens is 419 g/mol. The summed E-state index contributed by atoms with van der Waals surface area (Å²) in [6.45, 7) is 0.533. The van der Waals surface area contributed by atoms with Gasteiger partial charge in [-0.25, -0.2) is 9.97 Å². The van der Waals surface area contributed by atoms with E-state index < -0.39 is 0 Å². The van der Waals surface area contributed by atoms with Gasteiger partial charge in [-0.15, -0.1) is 11.3 Å². The summed E-state index contributed by atoms with van der Waals surface area (Å²) in [6.07, 6.45) is 3.89. The predicted octanol–water partition coefficient (Wildman–Crippen LogP) is 4.46. The summed E-state index contributed by atoms with van der Waals surface area (Å²) in [5.74, 6) is 0.673. The van der Waals surface area contributed by atoms with Gasteiger partial charge in [-0.3, -0.25) is 4.79 Å². The van der Waals surface area contributed by atoms with E-state index in [1.165, 1.54) is 11.3 Å². The number of aromatic nitrogens is 2. The van der Waals surface area contributed by atoms with Gasteiger partial charge >= 0.3 is 0 Å². The maximum atomic E-state index is 12.6. The zero-order valence-electron chi connectivity index (χ0n) is 14.7. The fourth-order valence-electron chi connectivity index (χ4n) is 3.61. The van der Waals surface area contributed by atoms with Gasteiger partial charge < -0.3 is 15.8 Å². The van der Waals surface area contributed by atoms with Crippen LogP contribution in [0.2, 0.25) is 10.0 Å². The van der Waals surface area contributed by atoms with E-state index in [1.54, 1.807) is 6.07 Å². The molecule has 0 bridgehead atoms. The van der Waals surface area contributed by atoms with Crippen molar-refractivity contribution < 1.29 is 9.53 Å². The van der Waals surface area contributed by atoms with Crippen LogP contribution in [0.4, 0.5) is 5.95 Å². The van der Waals surface area contributed by atoms with Crippen LogP contribution in [0, 0.1) is 0 Å². The molecular formula is C19H16Cl2N4O2S. The number of hydrogen-bond donors (Lipinski definition) is 2. The second kappa shape index (κ2) is 6.76. The molecule has 0 spiro atoms. The van der Waals surface area contributed by atoms with Crippen molar-refractivity contribution in [2.45, 2.75) is 31.7 Å². The van der Waals surface area contributed by atoms with E-state index in [0.29, 0.717) is 44.2 Å². The minimum absolute atomic E-state index is 0.0898. The van der Waals surface area contributed by atoms with Crippen molar-refractivity contribution in [3.05, 3.63) is 32.6 Å². The van der Waals surface area contributed by atoms with Gasteiger partial charge in [-0.1, -0.05) is 23.2 Å². The largest absolute Gasteiger partial charge is 0.491 e. The number of ether oxygens (including phenoxy) is 1. The van der Waals surface area contributed by atoms with Crippen LogP contribution < -0.4 is 15.8 Å². The number of carbonyl (C=O) groups excluding carboxylic acids is 1. The third-order valence-corrected chi connectivity index (χ3v) is 6.80. The maximum absolute atomic E-state index is 12.6. The summed E-state index contributed by atoms with van der Waals surface area (Å²) >= 11 is 14.1. The molecule has 1 aromatic carbocycles. The number of hydrogen-bond acceptors (Lipinski definition) is 6. The lowest BCUT2D eigenvalue weighted by Gasteiger charge is -2.25. The van der Waals surface area contributed by atoms with E-state index in [9.17, 15) is 4.79 Å². The first-order valence-corrected chi connectivity index (χ1v) is 10.6. The summed E-state index contributed by atoms with van der Waals surface area (Å²) in [4.78, 5) is 22.6. The molecule has 0 atom stereocenters. The molecule has 3 N–H and O–H groups in total. The number of anilines is 1. The summed E-state index contributed by atoms with van der Waals surface area (Å²) < 4.78 is 5.67. The molecule has 0 radical (unpaired) electrons. The van der Waals surface area contributed by atoms with Gasteiger partial charge in [0.15, 0.2) is 0 Å². The highest BCUT2D eigenvalue weighted by atomic mass is 35.5. The number of rotatable bonds is 3. The van der Waals surface area contributed by atoms with Crippen LogP contribution in [-0.2, 0) is 6.42 Å². The van der Waals surface area contributed by atoms with Crippen molar-refractivity contribution in [1.82, 2.24) is 15.3 Å². The number of halogens is 2. The normalized spacial score (nSPS) is 15.9. The second-order valence-electron chi connectivity index (χ2n) is 6.98. The Morgan fingerprint density at radius 1 is 1.25 bits per heavy atom. The summed E-state index contributed by atoms with van der Waals surface area (Å²) in [6, 6.07) is 3.73. The molecule has 6 nitrogen and oxygen atoms in total. The maximum Gasteiger partial charge on any atom is 0.261 e. The van der Waals surface area contributed by atoms with E-state index in [-0.39, 0.29) is 17.9 Å². The van der Waals surface area contributed by atoms with Gasteiger partial charge in [0.05, 0.1) is 27.2 Å². The van der Waals surface area contributed by atoms with Gasteiger partial charge in [-0.05, 0) is 31.4 Å². The number of carbonyl (C=O) groups is 1. The van der Waals surface area contributed by atoms with Gasteiger partial charge in [0.1, 0.15) is 10.6 Å². The Kier molecular flexibility index (Phi) is 4.34. The Morgan fingerprint density at radius 3 is 2.82 bits per heavy atom. The van der Waals surface area contributed by atoms with Gasteiger partial charge in [0.2, 0.25) is 5.95 Å². The predicted molar refractivity (Wildman–Crippen MR) is 112 cm³/mol. The van der Waals surface area contributed by atoms with E-state index in [2.05, 4.69) is 15.3 Å². The van der Waals surface area contributed by atoms with Crippen LogP contribution in [0.25, 0.3) is 21.5 Å². The zero-order chi connectivity index (χ0) is 19.4. The fraction of sp³-hybridized carbons (Fsp3) is 0.316. The molecule has 3 aromatic rings. The molecule has 1 fully saturated rings. The number of nitrogen functional groups attached to an aromatic ring is 1. The molecule has 5 rings (SSSR count).